The number of likely N-dealkylation sites (tertiary alicyclic amines) is 1. The highest BCUT2D eigenvalue weighted by Gasteiger charge is 2.47. The third-order valence-electron chi connectivity index (χ3n) is 7.29. The van der Waals surface area contributed by atoms with Crippen LogP contribution in [0, 0.1) is 0 Å². The van der Waals surface area contributed by atoms with E-state index in [2.05, 4.69) is 34.5 Å². The molecule has 32 heavy (non-hydrogen) atoms. The van der Waals surface area contributed by atoms with Crippen molar-refractivity contribution in [2.45, 2.75) is 63.3 Å². The van der Waals surface area contributed by atoms with Crippen LogP contribution in [0.25, 0.3) is 0 Å². The van der Waals surface area contributed by atoms with Gasteiger partial charge in [0.2, 0.25) is 5.91 Å². The molecule has 2 saturated heterocycles. The zero-order chi connectivity index (χ0) is 21.8. The number of ether oxygens (including phenoxy) is 2. The van der Waals surface area contributed by atoms with E-state index in [1.807, 2.05) is 24.3 Å². The molecule has 0 saturated carbocycles. The molecule has 1 aliphatic carbocycles. The monoisotopic (exact) mass is 434 g/mol. The largest absolute Gasteiger partial charge is 0.372 e. The van der Waals surface area contributed by atoms with Gasteiger partial charge in [0.25, 0.3) is 0 Å². The van der Waals surface area contributed by atoms with E-state index in [0.29, 0.717) is 13.2 Å². The maximum atomic E-state index is 12.8. The van der Waals surface area contributed by atoms with Gasteiger partial charge in [0.1, 0.15) is 0 Å². The van der Waals surface area contributed by atoms with E-state index in [4.69, 9.17) is 9.47 Å². The summed E-state index contributed by atoms with van der Waals surface area (Å²) in [5.41, 5.74) is 4.72. The summed E-state index contributed by atoms with van der Waals surface area (Å²) in [7, 11) is 0. The van der Waals surface area contributed by atoms with Crippen molar-refractivity contribution in [1.82, 2.24) is 4.90 Å². The lowest BCUT2D eigenvalue weighted by Gasteiger charge is -2.44. The lowest BCUT2D eigenvalue weighted by molar-refractivity contribution is -0.159. The van der Waals surface area contributed by atoms with E-state index < -0.39 is 0 Å². The number of anilines is 1. The summed E-state index contributed by atoms with van der Waals surface area (Å²) in [6.07, 6.45) is 7.82. The van der Waals surface area contributed by atoms with Crippen molar-refractivity contribution in [2.75, 3.05) is 31.6 Å². The van der Waals surface area contributed by atoms with E-state index in [0.717, 1.165) is 57.5 Å². The summed E-state index contributed by atoms with van der Waals surface area (Å²) in [4.78, 5) is 15.0. The van der Waals surface area contributed by atoms with Crippen LogP contribution in [-0.2, 0) is 33.7 Å². The molecular weight excluding hydrogens is 400 g/mol. The molecule has 2 aliphatic heterocycles. The standard InChI is InChI=1S/C27H34N2O3/c30-26(28-24-12-11-22-9-4-5-10-23(22)17-24)19-29-15-14-27(13-6-16-32-27)25(18-29)31-20-21-7-2-1-3-8-21/h1-3,7-8,11-12,17,25H,4-6,9-10,13-16,18-20H2,(H,28,30). The fraction of sp³-hybridized carbons (Fsp3) is 0.519. The Morgan fingerprint density at radius 1 is 1.06 bits per heavy atom. The zero-order valence-corrected chi connectivity index (χ0v) is 18.9. The molecule has 0 aromatic heterocycles. The SMILES string of the molecule is O=C(CN1CCC2(CCCO2)C(OCc2ccccc2)C1)Nc1ccc2c(c1)CCCC2. The summed E-state index contributed by atoms with van der Waals surface area (Å²) in [5.74, 6) is 0.0471. The van der Waals surface area contributed by atoms with Gasteiger partial charge in [-0.15, -0.1) is 0 Å². The van der Waals surface area contributed by atoms with E-state index in [1.54, 1.807) is 0 Å². The molecule has 0 radical (unpaired) electrons. The molecule has 2 atom stereocenters. The first-order chi connectivity index (χ1) is 15.7. The number of aryl methyl sites for hydroxylation is 2. The fourth-order valence-electron chi connectivity index (χ4n) is 5.50. The van der Waals surface area contributed by atoms with Gasteiger partial charge in [-0.05, 0) is 73.8 Å². The average Bonchev–Trinajstić information content (AvgIpc) is 3.29. The number of fused-ring (bicyclic) bond motifs is 1. The molecule has 1 amide bonds. The molecule has 1 spiro atoms. The molecule has 2 aromatic rings. The van der Waals surface area contributed by atoms with Crippen molar-refractivity contribution >= 4 is 11.6 Å². The number of amides is 1. The Labute approximate surface area is 191 Å². The first kappa shape index (κ1) is 21.6. The van der Waals surface area contributed by atoms with Crippen LogP contribution in [0.15, 0.2) is 48.5 Å². The van der Waals surface area contributed by atoms with Crippen LogP contribution in [0.3, 0.4) is 0 Å². The highest BCUT2D eigenvalue weighted by molar-refractivity contribution is 5.92. The van der Waals surface area contributed by atoms with Gasteiger partial charge in [0.05, 0.1) is 24.9 Å². The van der Waals surface area contributed by atoms with Gasteiger partial charge in [-0.2, -0.15) is 0 Å². The van der Waals surface area contributed by atoms with E-state index in [1.165, 1.54) is 29.5 Å². The van der Waals surface area contributed by atoms with Crippen molar-refractivity contribution in [3.05, 3.63) is 65.2 Å². The predicted molar refractivity (Wildman–Crippen MR) is 126 cm³/mol. The summed E-state index contributed by atoms with van der Waals surface area (Å²) in [6, 6.07) is 16.7. The minimum absolute atomic E-state index is 0.0181. The highest BCUT2D eigenvalue weighted by atomic mass is 16.6. The van der Waals surface area contributed by atoms with Gasteiger partial charge < -0.3 is 14.8 Å². The molecule has 2 unspecified atom stereocenters. The third kappa shape index (κ3) is 4.90. The number of benzene rings is 2. The number of piperidine rings is 1. The topological polar surface area (TPSA) is 50.8 Å². The number of hydrogen-bond acceptors (Lipinski definition) is 4. The molecule has 5 heteroatoms. The Bertz CT molecular complexity index is 924. The Hall–Kier alpha value is -2.21. The van der Waals surface area contributed by atoms with Crippen molar-refractivity contribution in [3.63, 3.8) is 0 Å². The minimum Gasteiger partial charge on any atom is -0.372 e. The summed E-state index contributed by atoms with van der Waals surface area (Å²) in [5, 5.41) is 3.12. The van der Waals surface area contributed by atoms with Crippen LogP contribution in [0.5, 0.6) is 0 Å². The van der Waals surface area contributed by atoms with Crippen molar-refractivity contribution < 1.29 is 14.3 Å². The van der Waals surface area contributed by atoms with Crippen LogP contribution < -0.4 is 5.32 Å². The molecule has 2 heterocycles. The van der Waals surface area contributed by atoms with Crippen LogP contribution >= 0.6 is 0 Å². The maximum absolute atomic E-state index is 12.8. The number of carbonyl (C=O) groups excluding carboxylic acids is 1. The number of carbonyl (C=O) groups is 1. The summed E-state index contributed by atoms with van der Waals surface area (Å²) in [6.45, 7) is 3.36. The van der Waals surface area contributed by atoms with Crippen molar-refractivity contribution in [2.24, 2.45) is 0 Å². The second-order valence-electron chi connectivity index (χ2n) is 9.53. The number of nitrogens with one attached hydrogen (secondary N) is 1. The summed E-state index contributed by atoms with van der Waals surface area (Å²) >= 11 is 0. The average molecular weight is 435 g/mol. The highest BCUT2D eigenvalue weighted by Crippen LogP contribution is 2.38. The fourth-order valence-corrected chi connectivity index (χ4v) is 5.50. The minimum atomic E-state index is -0.194. The Kier molecular flexibility index (Phi) is 6.58. The Morgan fingerprint density at radius 2 is 1.91 bits per heavy atom. The maximum Gasteiger partial charge on any atom is 0.238 e. The van der Waals surface area contributed by atoms with Crippen LogP contribution in [-0.4, -0.2) is 48.8 Å². The molecular formula is C27H34N2O3. The van der Waals surface area contributed by atoms with Gasteiger partial charge in [-0.25, -0.2) is 0 Å². The lowest BCUT2D eigenvalue weighted by Crippen LogP contribution is -2.57. The van der Waals surface area contributed by atoms with Gasteiger partial charge in [0.15, 0.2) is 0 Å². The van der Waals surface area contributed by atoms with E-state index in [9.17, 15) is 4.79 Å². The zero-order valence-electron chi connectivity index (χ0n) is 18.9. The van der Waals surface area contributed by atoms with Crippen molar-refractivity contribution in [1.29, 1.82) is 0 Å². The molecule has 5 nitrogen and oxygen atoms in total. The summed E-state index contributed by atoms with van der Waals surface area (Å²) < 4.78 is 12.6. The van der Waals surface area contributed by atoms with Gasteiger partial charge in [-0.1, -0.05) is 36.4 Å². The first-order valence-corrected chi connectivity index (χ1v) is 12.1. The molecule has 5 rings (SSSR count). The lowest BCUT2D eigenvalue weighted by atomic mass is 9.85. The quantitative estimate of drug-likeness (QED) is 0.735. The molecule has 170 valence electrons. The molecule has 0 bridgehead atoms. The van der Waals surface area contributed by atoms with Gasteiger partial charge in [-0.3, -0.25) is 9.69 Å². The smallest absolute Gasteiger partial charge is 0.238 e. The number of nitrogens with zero attached hydrogens (tertiary/aromatic N) is 1. The first-order valence-electron chi connectivity index (χ1n) is 12.1. The third-order valence-corrected chi connectivity index (χ3v) is 7.29. The van der Waals surface area contributed by atoms with Crippen LogP contribution in [0.1, 0.15) is 48.8 Å². The second kappa shape index (κ2) is 9.74. The van der Waals surface area contributed by atoms with Gasteiger partial charge in [0, 0.05) is 25.4 Å². The molecule has 1 N–H and O–H groups in total. The number of rotatable bonds is 6. The van der Waals surface area contributed by atoms with Gasteiger partial charge >= 0.3 is 0 Å². The van der Waals surface area contributed by atoms with E-state index in [-0.39, 0.29) is 17.6 Å². The number of hydrogen-bond donors (Lipinski definition) is 1. The normalized spacial score (nSPS) is 25.6. The molecule has 2 fully saturated rings. The second-order valence-corrected chi connectivity index (χ2v) is 9.53. The predicted octanol–water partition coefficient (Wildman–Crippen LogP) is 4.34. The Balaban J connectivity index is 1.20. The van der Waals surface area contributed by atoms with Crippen LogP contribution in [0.2, 0.25) is 0 Å². The van der Waals surface area contributed by atoms with Crippen molar-refractivity contribution in [3.8, 4) is 0 Å². The van der Waals surface area contributed by atoms with Crippen LogP contribution in [0.4, 0.5) is 5.69 Å². The Morgan fingerprint density at radius 3 is 2.72 bits per heavy atom. The molecule has 2 aromatic carbocycles. The van der Waals surface area contributed by atoms with E-state index >= 15 is 0 Å². The molecule has 3 aliphatic rings.